The lowest BCUT2D eigenvalue weighted by Crippen LogP contribution is -2.35. The van der Waals surface area contributed by atoms with Crippen LogP contribution in [0.5, 0.6) is 0 Å². The monoisotopic (exact) mass is 450 g/mol. The Bertz CT molecular complexity index is 958. The van der Waals surface area contributed by atoms with Crippen LogP contribution in [0.1, 0.15) is 42.7 Å². The number of benzene rings is 2. The Hall–Kier alpha value is -3.61. The van der Waals surface area contributed by atoms with Crippen LogP contribution < -0.4 is 5.32 Å². The van der Waals surface area contributed by atoms with Gasteiger partial charge in [-0.3, -0.25) is 9.59 Å². The summed E-state index contributed by atoms with van der Waals surface area (Å²) in [6, 6.07) is 16.4. The molecule has 33 heavy (non-hydrogen) atoms. The number of hydrogen-bond acceptors (Lipinski definition) is 4. The molecule has 0 saturated carbocycles. The number of carbonyl (C=O) groups is 3. The predicted octanol–water partition coefficient (Wildman–Crippen LogP) is 4.18. The Kier molecular flexibility index (Phi) is 8.63. The number of nitrogens with one attached hydrogen (secondary N) is 1. The second-order valence-electron chi connectivity index (χ2n) is 8.02. The van der Waals surface area contributed by atoms with Crippen molar-refractivity contribution in [3.05, 3.63) is 72.3 Å². The number of fused-ring (bicyclic) bond motifs is 3. The highest BCUT2D eigenvalue weighted by atomic mass is 16.5. The summed E-state index contributed by atoms with van der Waals surface area (Å²) in [5.41, 5.74) is 4.72. The molecule has 7 heteroatoms. The quantitative estimate of drug-likeness (QED) is 0.374. The zero-order chi connectivity index (χ0) is 23.6. The van der Waals surface area contributed by atoms with E-state index in [4.69, 9.17) is 9.84 Å². The Morgan fingerprint density at radius 3 is 2.24 bits per heavy atom. The number of carbonyl (C=O) groups excluding carboxylic acids is 2. The maximum atomic E-state index is 12.2. The Balaban J connectivity index is 1.36. The minimum Gasteiger partial charge on any atom is -0.480 e. The topological polar surface area (TPSA) is 95.9 Å². The standard InChI is InChI=1S/C26H30N2O5/c1-2-16-28(17-25(30)31)24(29)14-4-3-9-15-27-26(32)33-18-23-21-12-7-5-10-19(21)20-11-6-8-13-22(20)23/h2,5-8,10-13,23H,1,3-4,9,14-18H2,(H,27,32)(H,30,31). The van der Waals surface area contributed by atoms with Crippen LogP contribution in [0, 0.1) is 0 Å². The lowest BCUT2D eigenvalue weighted by molar-refractivity contribution is -0.144. The van der Waals surface area contributed by atoms with E-state index in [1.54, 1.807) is 0 Å². The van der Waals surface area contributed by atoms with Gasteiger partial charge in [0.1, 0.15) is 13.2 Å². The molecule has 0 unspecified atom stereocenters. The Labute approximate surface area is 194 Å². The molecule has 1 aliphatic rings. The maximum absolute atomic E-state index is 12.2. The third-order valence-corrected chi connectivity index (χ3v) is 5.71. The molecule has 0 heterocycles. The van der Waals surface area contributed by atoms with Crippen molar-refractivity contribution in [3.63, 3.8) is 0 Å². The molecule has 0 aromatic heterocycles. The van der Waals surface area contributed by atoms with E-state index < -0.39 is 12.1 Å². The van der Waals surface area contributed by atoms with E-state index in [1.807, 2.05) is 24.3 Å². The van der Waals surface area contributed by atoms with Gasteiger partial charge in [0.05, 0.1) is 0 Å². The zero-order valence-corrected chi connectivity index (χ0v) is 18.7. The summed E-state index contributed by atoms with van der Waals surface area (Å²) in [6.45, 7) is 4.17. The molecule has 0 fully saturated rings. The molecule has 7 nitrogen and oxygen atoms in total. The normalized spacial score (nSPS) is 11.9. The largest absolute Gasteiger partial charge is 0.480 e. The van der Waals surface area contributed by atoms with Gasteiger partial charge in [-0.25, -0.2) is 4.79 Å². The summed E-state index contributed by atoms with van der Waals surface area (Å²) in [5, 5.41) is 11.6. The first-order valence-electron chi connectivity index (χ1n) is 11.2. The highest BCUT2D eigenvalue weighted by molar-refractivity contribution is 5.81. The summed E-state index contributed by atoms with van der Waals surface area (Å²) < 4.78 is 5.50. The molecule has 0 bridgehead atoms. The first kappa shape index (κ1) is 24.0. The number of unbranched alkanes of at least 4 members (excludes halogenated alkanes) is 2. The van der Waals surface area contributed by atoms with Gasteiger partial charge in [-0.05, 0) is 35.1 Å². The molecule has 0 aliphatic heterocycles. The zero-order valence-electron chi connectivity index (χ0n) is 18.7. The van der Waals surface area contributed by atoms with Crippen LogP contribution in [0.2, 0.25) is 0 Å². The number of aliphatic carboxylic acids is 1. The number of carboxylic acid groups (broad SMARTS) is 1. The van der Waals surface area contributed by atoms with Gasteiger partial charge in [-0.1, -0.05) is 61.0 Å². The number of nitrogens with zero attached hydrogens (tertiary/aromatic N) is 1. The fourth-order valence-corrected chi connectivity index (χ4v) is 4.15. The molecule has 2 aromatic rings. The average molecular weight is 451 g/mol. The molecule has 0 saturated heterocycles. The van der Waals surface area contributed by atoms with E-state index in [1.165, 1.54) is 33.2 Å². The van der Waals surface area contributed by atoms with E-state index in [9.17, 15) is 14.4 Å². The molecular formula is C26H30N2O5. The second-order valence-corrected chi connectivity index (χ2v) is 8.02. The SMILES string of the molecule is C=CCN(CC(=O)O)C(=O)CCCCCNC(=O)OCC1c2ccccc2-c2ccccc21. The highest BCUT2D eigenvalue weighted by Crippen LogP contribution is 2.44. The fraction of sp³-hybridized carbons (Fsp3) is 0.346. The number of alkyl carbamates (subject to hydrolysis) is 1. The van der Waals surface area contributed by atoms with Crippen molar-refractivity contribution in [3.8, 4) is 11.1 Å². The molecule has 0 atom stereocenters. The van der Waals surface area contributed by atoms with E-state index in [2.05, 4.69) is 36.2 Å². The number of rotatable bonds is 12. The molecule has 2 N–H and O–H groups in total. The molecule has 0 spiro atoms. The summed E-state index contributed by atoms with van der Waals surface area (Å²) in [7, 11) is 0. The minimum atomic E-state index is -1.04. The van der Waals surface area contributed by atoms with Crippen molar-refractivity contribution in [2.45, 2.75) is 31.6 Å². The van der Waals surface area contributed by atoms with Crippen molar-refractivity contribution in [1.82, 2.24) is 10.2 Å². The molecule has 3 rings (SSSR count). The number of ether oxygens (including phenoxy) is 1. The highest BCUT2D eigenvalue weighted by Gasteiger charge is 2.28. The van der Waals surface area contributed by atoms with Crippen LogP contribution in [0.3, 0.4) is 0 Å². The molecular weight excluding hydrogens is 420 g/mol. The van der Waals surface area contributed by atoms with Crippen molar-refractivity contribution in [1.29, 1.82) is 0 Å². The first-order chi connectivity index (χ1) is 16.0. The van der Waals surface area contributed by atoms with Gasteiger partial charge in [0.2, 0.25) is 5.91 Å². The van der Waals surface area contributed by atoms with Gasteiger partial charge in [-0.2, -0.15) is 0 Å². The number of amides is 2. The molecule has 174 valence electrons. The van der Waals surface area contributed by atoms with Crippen LogP contribution >= 0.6 is 0 Å². The number of hydrogen-bond donors (Lipinski definition) is 2. The van der Waals surface area contributed by atoms with Gasteiger partial charge < -0.3 is 20.1 Å². The third kappa shape index (κ3) is 6.44. The van der Waals surface area contributed by atoms with Crippen LogP contribution in [0.4, 0.5) is 4.79 Å². The first-order valence-corrected chi connectivity index (χ1v) is 11.2. The summed E-state index contributed by atoms with van der Waals surface area (Å²) in [6.07, 6.45) is 3.40. The average Bonchev–Trinajstić information content (AvgIpc) is 3.13. The van der Waals surface area contributed by atoms with E-state index >= 15 is 0 Å². The van der Waals surface area contributed by atoms with Crippen LogP contribution in [0.25, 0.3) is 11.1 Å². The lowest BCUT2D eigenvalue weighted by Gasteiger charge is -2.18. The third-order valence-electron chi connectivity index (χ3n) is 5.71. The number of carboxylic acids is 1. The van der Waals surface area contributed by atoms with Gasteiger partial charge >= 0.3 is 12.1 Å². The Morgan fingerprint density at radius 2 is 1.64 bits per heavy atom. The molecule has 2 aromatic carbocycles. The van der Waals surface area contributed by atoms with Crippen LogP contribution in [-0.4, -0.2) is 54.2 Å². The predicted molar refractivity (Wildman–Crippen MR) is 126 cm³/mol. The lowest BCUT2D eigenvalue weighted by atomic mass is 9.98. The smallest absolute Gasteiger partial charge is 0.407 e. The maximum Gasteiger partial charge on any atom is 0.407 e. The molecule has 1 aliphatic carbocycles. The van der Waals surface area contributed by atoms with Crippen molar-refractivity contribution < 1.29 is 24.2 Å². The minimum absolute atomic E-state index is 0.0264. The summed E-state index contributed by atoms with van der Waals surface area (Å²) in [5.74, 6) is -1.22. The molecule has 2 amide bonds. The fourth-order valence-electron chi connectivity index (χ4n) is 4.15. The summed E-state index contributed by atoms with van der Waals surface area (Å²) >= 11 is 0. The van der Waals surface area contributed by atoms with E-state index in [0.717, 1.165) is 6.42 Å². The van der Waals surface area contributed by atoms with Crippen LogP contribution in [0.15, 0.2) is 61.2 Å². The Morgan fingerprint density at radius 1 is 1.00 bits per heavy atom. The van der Waals surface area contributed by atoms with Gasteiger partial charge in [0.25, 0.3) is 0 Å². The van der Waals surface area contributed by atoms with Crippen LogP contribution in [-0.2, 0) is 14.3 Å². The van der Waals surface area contributed by atoms with Crippen molar-refractivity contribution in [2.24, 2.45) is 0 Å². The van der Waals surface area contributed by atoms with E-state index in [-0.39, 0.29) is 37.9 Å². The van der Waals surface area contributed by atoms with Crippen molar-refractivity contribution >= 4 is 18.0 Å². The molecule has 0 radical (unpaired) electrons. The van der Waals surface area contributed by atoms with Crippen molar-refractivity contribution in [2.75, 3.05) is 26.2 Å². The van der Waals surface area contributed by atoms with Gasteiger partial charge in [0.15, 0.2) is 0 Å². The summed E-state index contributed by atoms with van der Waals surface area (Å²) in [4.78, 5) is 36.4. The van der Waals surface area contributed by atoms with E-state index in [0.29, 0.717) is 19.4 Å². The van der Waals surface area contributed by atoms with Gasteiger partial charge in [-0.15, -0.1) is 6.58 Å². The second kappa shape index (κ2) is 11.9. The van der Waals surface area contributed by atoms with Gasteiger partial charge in [0, 0.05) is 25.4 Å².